The second-order valence-electron chi connectivity index (χ2n) is 6.87. The Morgan fingerprint density at radius 1 is 1.00 bits per heavy atom. The average molecular weight is 363 g/mol. The molecule has 1 fully saturated rings. The van der Waals surface area contributed by atoms with Gasteiger partial charge in [0.2, 0.25) is 0 Å². The molecule has 0 atom stereocenters. The minimum absolute atomic E-state index is 0.0182. The first kappa shape index (κ1) is 17.8. The lowest BCUT2D eigenvalue weighted by Gasteiger charge is -2.26. The molecule has 1 N–H and O–H groups in total. The third-order valence-electron chi connectivity index (χ3n) is 5.04. The molecule has 1 amide bonds. The maximum atomic E-state index is 12.9. The molecule has 4 rings (SSSR count). The number of ether oxygens (including phenoxy) is 1. The van der Waals surface area contributed by atoms with E-state index in [1.165, 1.54) is 5.56 Å². The molecular weight excluding hydrogens is 338 g/mol. The van der Waals surface area contributed by atoms with Crippen LogP contribution in [0.3, 0.4) is 0 Å². The van der Waals surface area contributed by atoms with E-state index < -0.39 is 0 Å². The second-order valence-corrected chi connectivity index (χ2v) is 6.87. The number of amides is 1. The van der Waals surface area contributed by atoms with Crippen LogP contribution in [0.1, 0.15) is 16.1 Å². The van der Waals surface area contributed by atoms with Crippen molar-refractivity contribution in [1.29, 1.82) is 0 Å². The van der Waals surface area contributed by atoms with Crippen LogP contribution in [0.5, 0.6) is 0 Å². The van der Waals surface area contributed by atoms with Crippen molar-refractivity contribution in [3.05, 3.63) is 71.9 Å². The van der Waals surface area contributed by atoms with Crippen LogP contribution in [0.15, 0.2) is 60.7 Å². The molecule has 2 aromatic carbocycles. The fourth-order valence-corrected chi connectivity index (χ4v) is 3.58. The average Bonchev–Trinajstić information content (AvgIpc) is 3.08. The number of fused-ring (bicyclic) bond motifs is 1. The molecule has 0 saturated carbocycles. The minimum atomic E-state index is -0.0182. The molecule has 3 aromatic rings. The summed E-state index contributed by atoms with van der Waals surface area (Å²) in [6, 6.07) is 20.4. The van der Waals surface area contributed by atoms with Gasteiger partial charge in [0.05, 0.1) is 13.2 Å². The maximum absolute atomic E-state index is 12.9. The first-order chi connectivity index (χ1) is 13.3. The van der Waals surface area contributed by atoms with Gasteiger partial charge in [0.25, 0.3) is 5.91 Å². The van der Waals surface area contributed by atoms with Crippen LogP contribution >= 0.6 is 0 Å². The van der Waals surface area contributed by atoms with Crippen molar-refractivity contribution in [3.63, 3.8) is 0 Å². The molecule has 1 saturated heterocycles. The van der Waals surface area contributed by atoms with Crippen LogP contribution in [-0.4, -0.2) is 54.8 Å². The Hall–Kier alpha value is -2.63. The van der Waals surface area contributed by atoms with Crippen molar-refractivity contribution in [1.82, 2.24) is 14.8 Å². The molecular formula is C22H25N3O2. The summed E-state index contributed by atoms with van der Waals surface area (Å²) in [7, 11) is 0. The Bertz CT molecular complexity index is 898. The van der Waals surface area contributed by atoms with Crippen LogP contribution in [0.4, 0.5) is 0 Å². The topological polar surface area (TPSA) is 46.5 Å². The molecule has 0 unspecified atom stereocenters. The molecule has 5 nitrogen and oxygen atoms in total. The number of nitrogens with zero attached hydrogens (tertiary/aromatic N) is 2. The van der Waals surface area contributed by atoms with E-state index in [0.717, 1.165) is 43.8 Å². The Morgan fingerprint density at radius 2 is 1.74 bits per heavy atom. The summed E-state index contributed by atoms with van der Waals surface area (Å²) in [6.45, 7) is 5.60. The lowest BCUT2D eigenvalue weighted by molar-refractivity contribution is 0.0383. The lowest BCUT2D eigenvalue weighted by Crippen LogP contribution is -2.41. The number of aromatic nitrogens is 1. The zero-order chi connectivity index (χ0) is 18.5. The van der Waals surface area contributed by atoms with Crippen molar-refractivity contribution in [2.24, 2.45) is 0 Å². The van der Waals surface area contributed by atoms with Crippen molar-refractivity contribution >= 4 is 16.8 Å². The van der Waals surface area contributed by atoms with Gasteiger partial charge in [0.15, 0.2) is 0 Å². The molecule has 2 heterocycles. The van der Waals surface area contributed by atoms with Crippen molar-refractivity contribution in [2.45, 2.75) is 6.54 Å². The molecule has 0 spiro atoms. The summed E-state index contributed by atoms with van der Waals surface area (Å²) in [5.41, 5.74) is 2.97. The number of carbonyl (C=O) groups is 1. The number of para-hydroxylation sites is 1. The van der Waals surface area contributed by atoms with Gasteiger partial charge in [-0.25, -0.2) is 0 Å². The van der Waals surface area contributed by atoms with E-state index in [9.17, 15) is 4.79 Å². The fraction of sp³-hybridized carbons (Fsp3) is 0.318. The van der Waals surface area contributed by atoms with E-state index in [-0.39, 0.29) is 5.91 Å². The number of hydrogen-bond donors (Lipinski definition) is 1. The van der Waals surface area contributed by atoms with E-state index in [1.807, 2.05) is 36.4 Å². The van der Waals surface area contributed by atoms with Gasteiger partial charge >= 0.3 is 0 Å². The normalized spacial score (nSPS) is 15.1. The zero-order valence-electron chi connectivity index (χ0n) is 15.4. The molecule has 1 aliphatic heterocycles. The van der Waals surface area contributed by atoms with Crippen LogP contribution in [0.2, 0.25) is 0 Å². The van der Waals surface area contributed by atoms with Crippen molar-refractivity contribution in [3.8, 4) is 0 Å². The summed E-state index contributed by atoms with van der Waals surface area (Å²) in [5, 5.41) is 4.18. The quantitative estimate of drug-likeness (QED) is 0.733. The van der Waals surface area contributed by atoms with Crippen LogP contribution < -0.4 is 5.32 Å². The number of benzene rings is 2. The van der Waals surface area contributed by atoms with Gasteiger partial charge in [0, 0.05) is 43.6 Å². The molecule has 0 radical (unpaired) electrons. The van der Waals surface area contributed by atoms with Gasteiger partial charge < -0.3 is 14.6 Å². The first-order valence-electron chi connectivity index (χ1n) is 9.52. The van der Waals surface area contributed by atoms with Gasteiger partial charge in [-0.1, -0.05) is 48.5 Å². The third kappa shape index (κ3) is 4.21. The Balaban J connectivity index is 1.51. The van der Waals surface area contributed by atoms with Gasteiger partial charge in [-0.05, 0) is 17.7 Å². The first-order valence-corrected chi connectivity index (χ1v) is 9.52. The van der Waals surface area contributed by atoms with E-state index in [2.05, 4.69) is 39.0 Å². The lowest BCUT2D eigenvalue weighted by atomic mass is 10.2. The maximum Gasteiger partial charge on any atom is 0.267 e. The second kappa shape index (κ2) is 8.37. The van der Waals surface area contributed by atoms with E-state index in [4.69, 9.17) is 4.74 Å². The Labute approximate surface area is 159 Å². The zero-order valence-corrected chi connectivity index (χ0v) is 15.4. The highest BCUT2D eigenvalue weighted by Gasteiger charge is 2.16. The number of nitrogens with one attached hydrogen (secondary N) is 1. The van der Waals surface area contributed by atoms with Crippen molar-refractivity contribution in [2.75, 3.05) is 39.4 Å². The number of rotatable bonds is 6. The molecule has 0 aliphatic carbocycles. The number of hydrogen-bond acceptors (Lipinski definition) is 3. The van der Waals surface area contributed by atoms with Crippen LogP contribution in [0, 0.1) is 0 Å². The van der Waals surface area contributed by atoms with Gasteiger partial charge in [-0.15, -0.1) is 0 Å². The minimum Gasteiger partial charge on any atom is -0.379 e. The number of morpholine rings is 1. The number of carbonyl (C=O) groups excluding carboxylic acids is 1. The summed E-state index contributed by atoms with van der Waals surface area (Å²) in [5.74, 6) is -0.0182. The van der Waals surface area contributed by atoms with Gasteiger partial charge in [0.1, 0.15) is 5.69 Å². The predicted octanol–water partition coefficient (Wildman–Crippen LogP) is 2.75. The predicted molar refractivity (Wildman–Crippen MR) is 107 cm³/mol. The van der Waals surface area contributed by atoms with Crippen LogP contribution in [0.25, 0.3) is 10.9 Å². The fourth-order valence-electron chi connectivity index (χ4n) is 3.58. The highest BCUT2D eigenvalue weighted by Crippen LogP contribution is 2.21. The molecule has 140 valence electrons. The van der Waals surface area contributed by atoms with Gasteiger partial charge in [-0.3, -0.25) is 9.69 Å². The Kier molecular flexibility index (Phi) is 5.51. The molecule has 0 bridgehead atoms. The van der Waals surface area contributed by atoms with Gasteiger partial charge in [-0.2, -0.15) is 0 Å². The molecule has 1 aromatic heterocycles. The molecule has 1 aliphatic rings. The third-order valence-corrected chi connectivity index (χ3v) is 5.04. The van der Waals surface area contributed by atoms with E-state index >= 15 is 0 Å². The smallest absolute Gasteiger partial charge is 0.267 e. The van der Waals surface area contributed by atoms with E-state index in [1.54, 1.807) is 0 Å². The monoisotopic (exact) mass is 363 g/mol. The SMILES string of the molecule is O=C(NCCN1CCOCC1)c1cc2ccccc2n1Cc1ccccc1. The largest absolute Gasteiger partial charge is 0.379 e. The van der Waals surface area contributed by atoms with E-state index in [0.29, 0.717) is 18.8 Å². The summed E-state index contributed by atoms with van der Waals surface area (Å²) in [4.78, 5) is 15.2. The summed E-state index contributed by atoms with van der Waals surface area (Å²) in [6.07, 6.45) is 0. The highest BCUT2D eigenvalue weighted by atomic mass is 16.5. The van der Waals surface area contributed by atoms with Crippen molar-refractivity contribution < 1.29 is 9.53 Å². The summed E-state index contributed by atoms with van der Waals surface area (Å²) >= 11 is 0. The highest BCUT2D eigenvalue weighted by molar-refractivity contribution is 5.98. The summed E-state index contributed by atoms with van der Waals surface area (Å²) < 4.78 is 7.48. The molecule has 5 heteroatoms. The van der Waals surface area contributed by atoms with Crippen LogP contribution in [-0.2, 0) is 11.3 Å². The molecule has 27 heavy (non-hydrogen) atoms. The standard InChI is InChI=1S/C22H25N3O2/c26-22(23-10-11-24-12-14-27-15-13-24)21-16-19-8-4-5-9-20(19)25(21)17-18-6-2-1-3-7-18/h1-9,16H,10-15,17H2,(H,23,26). The Morgan fingerprint density at radius 3 is 2.56 bits per heavy atom.